The molecule has 4 aromatic heterocycles. The Balaban J connectivity index is 1.20. The number of fused-ring (bicyclic) bond motifs is 1. The average molecular weight is 400 g/mol. The Morgan fingerprint density at radius 3 is 2.30 bits per heavy atom. The van der Waals surface area contributed by atoms with E-state index < -0.39 is 0 Å². The molecule has 0 bridgehead atoms. The summed E-state index contributed by atoms with van der Waals surface area (Å²) >= 11 is 0. The van der Waals surface area contributed by atoms with Gasteiger partial charge in [0, 0.05) is 51.3 Å². The average Bonchev–Trinajstić information content (AvgIpc) is 3.34. The first kappa shape index (κ1) is 18.7. The fraction of sp³-hybridized carbons (Fsp3) is 0.304. The summed E-state index contributed by atoms with van der Waals surface area (Å²) in [6.45, 7) is 7.06. The van der Waals surface area contributed by atoms with Crippen molar-refractivity contribution in [3.63, 3.8) is 0 Å². The number of aromatic amines is 1. The minimum atomic E-state index is 0.908. The fourth-order valence-electron chi connectivity index (χ4n) is 3.92. The van der Waals surface area contributed by atoms with Gasteiger partial charge in [-0.25, -0.2) is 0 Å². The first-order chi connectivity index (χ1) is 14.8. The number of pyridine rings is 3. The fourth-order valence-corrected chi connectivity index (χ4v) is 3.92. The summed E-state index contributed by atoms with van der Waals surface area (Å²) in [5, 5.41) is 6.94. The van der Waals surface area contributed by atoms with Gasteiger partial charge in [0.05, 0.1) is 34.3 Å². The van der Waals surface area contributed by atoms with E-state index in [1.165, 1.54) is 16.8 Å². The molecular formula is C23H25N7. The van der Waals surface area contributed by atoms with Crippen LogP contribution in [0.15, 0.2) is 55.1 Å². The SMILES string of the molecule is CCc1cnc2cc(CN3CCN(c4ccc(-c5ccn[nH]5)nc4)CC3)cnc2c1. The van der Waals surface area contributed by atoms with E-state index in [1.54, 1.807) is 6.20 Å². The van der Waals surface area contributed by atoms with Crippen molar-refractivity contribution in [2.24, 2.45) is 0 Å². The number of hydrogen-bond acceptors (Lipinski definition) is 6. The Bertz CT molecular complexity index is 1110. The van der Waals surface area contributed by atoms with Crippen LogP contribution in [0.3, 0.4) is 0 Å². The summed E-state index contributed by atoms with van der Waals surface area (Å²) in [7, 11) is 0. The molecule has 7 heteroatoms. The van der Waals surface area contributed by atoms with E-state index in [-0.39, 0.29) is 0 Å². The second-order valence-electron chi connectivity index (χ2n) is 7.71. The normalized spacial score (nSPS) is 15.0. The lowest BCUT2D eigenvalue weighted by Gasteiger charge is -2.36. The van der Waals surface area contributed by atoms with Crippen LogP contribution in [0.2, 0.25) is 0 Å². The Morgan fingerprint density at radius 1 is 0.867 bits per heavy atom. The van der Waals surface area contributed by atoms with Gasteiger partial charge >= 0.3 is 0 Å². The topological polar surface area (TPSA) is 73.8 Å². The van der Waals surface area contributed by atoms with Crippen molar-refractivity contribution in [2.75, 3.05) is 31.1 Å². The van der Waals surface area contributed by atoms with Crippen LogP contribution in [0.5, 0.6) is 0 Å². The minimum Gasteiger partial charge on any atom is -0.368 e. The van der Waals surface area contributed by atoms with Gasteiger partial charge in [-0.15, -0.1) is 0 Å². The van der Waals surface area contributed by atoms with E-state index in [0.717, 1.165) is 61.6 Å². The van der Waals surface area contributed by atoms with Crippen LogP contribution in [0.25, 0.3) is 22.4 Å². The molecule has 0 atom stereocenters. The third-order valence-electron chi connectivity index (χ3n) is 5.72. The summed E-state index contributed by atoms with van der Waals surface area (Å²) in [6, 6.07) is 10.4. The molecule has 0 amide bonds. The van der Waals surface area contributed by atoms with Crippen LogP contribution in [-0.2, 0) is 13.0 Å². The van der Waals surface area contributed by atoms with Gasteiger partial charge in [0.25, 0.3) is 0 Å². The molecule has 7 nitrogen and oxygen atoms in total. The summed E-state index contributed by atoms with van der Waals surface area (Å²) in [5.41, 5.74) is 7.43. The number of rotatable bonds is 5. The van der Waals surface area contributed by atoms with Gasteiger partial charge in [-0.05, 0) is 47.9 Å². The molecule has 0 radical (unpaired) electrons. The van der Waals surface area contributed by atoms with E-state index in [2.05, 4.69) is 60.1 Å². The highest BCUT2D eigenvalue weighted by Gasteiger charge is 2.18. The summed E-state index contributed by atoms with van der Waals surface area (Å²) in [4.78, 5) is 18.7. The van der Waals surface area contributed by atoms with E-state index in [9.17, 15) is 0 Å². The van der Waals surface area contributed by atoms with Gasteiger partial charge in [0.15, 0.2) is 0 Å². The molecule has 5 heterocycles. The molecule has 1 fully saturated rings. The number of nitrogens with one attached hydrogen (secondary N) is 1. The van der Waals surface area contributed by atoms with Gasteiger partial charge in [-0.2, -0.15) is 5.10 Å². The van der Waals surface area contributed by atoms with Gasteiger partial charge in [0.1, 0.15) is 0 Å². The zero-order chi connectivity index (χ0) is 20.3. The molecule has 1 aliphatic heterocycles. The Labute approximate surface area is 175 Å². The number of nitrogens with zero attached hydrogens (tertiary/aromatic N) is 6. The van der Waals surface area contributed by atoms with Crippen LogP contribution in [0.1, 0.15) is 18.1 Å². The van der Waals surface area contributed by atoms with Crippen molar-refractivity contribution in [2.45, 2.75) is 19.9 Å². The van der Waals surface area contributed by atoms with E-state index >= 15 is 0 Å². The lowest BCUT2D eigenvalue weighted by molar-refractivity contribution is 0.249. The quantitative estimate of drug-likeness (QED) is 0.555. The Morgan fingerprint density at radius 2 is 1.63 bits per heavy atom. The van der Waals surface area contributed by atoms with Gasteiger partial charge < -0.3 is 4.90 Å². The predicted molar refractivity (Wildman–Crippen MR) is 118 cm³/mol. The maximum absolute atomic E-state index is 4.63. The Hall–Kier alpha value is -3.32. The maximum Gasteiger partial charge on any atom is 0.0890 e. The van der Waals surface area contributed by atoms with Crippen LogP contribution in [-0.4, -0.2) is 56.2 Å². The summed E-state index contributed by atoms with van der Waals surface area (Å²) < 4.78 is 0. The lowest BCUT2D eigenvalue weighted by Crippen LogP contribution is -2.46. The zero-order valence-electron chi connectivity index (χ0n) is 17.1. The highest BCUT2D eigenvalue weighted by atomic mass is 15.3. The van der Waals surface area contributed by atoms with Gasteiger partial charge in [0.2, 0.25) is 0 Å². The van der Waals surface area contributed by atoms with Crippen molar-refractivity contribution in [1.29, 1.82) is 0 Å². The number of hydrogen-bond donors (Lipinski definition) is 1. The molecule has 0 aromatic carbocycles. The number of H-pyrrole nitrogens is 1. The molecule has 0 saturated carbocycles. The first-order valence-corrected chi connectivity index (χ1v) is 10.4. The first-order valence-electron chi connectivity index (χ1n) is 10.4. The van der Waals surface area contributed by atoms with Crippen molar-refractivity contribution in [3.05, 3.63) is 66.2 Å². The number of anilines is 1. The van der Waals surface area contributed by atoms with E-state index in [1.807, 2.05) is 30.7 Å². The molecule has 30 heavy (non-hydrogen) atoms. The van der Waals surface area contributed by atoms with Crippen LogP contribution in [0, 0.1) is 0 Å². The number of aryl methyl sites for hydroxylation is 1. The predicted octanol–water partition coefficient (Wildman–Crippen LogP) is 3.30. The molecule has 1 N–H and O–H groups in total. The third kappa shape index (κ3) is 3.89. The van der Waals surface area contributed by atoms with Gasteiger partial charge in [-0.1, -0.05) is 6.92 Å². The standard InChI is InChI=1S/C23H25N7/c1-2-17-11-22-23(24-13-17)12-18(14-25-22)16-29-7-9-30(10-8-29)19-3-4-20(26-15-19)21-5-6-27-28-21/h3-6,11-15H,2,7-10,16H2,1H3,(H,27,28). The molecule has 0 spiro atoms. The minimum absolute atomic E-state index is 0.908. The van der Waals surface area contributed by atoms with Crippen LogP contribution >= 0.6 is 0 Å². The van der Waals surface area contributed by atoms with Crippen molar-refractivity contribution in [3.8, 4) is 11.4 Å². The molecule has 5 rings (SSSR count). The summed E-state index contributed by atoms with van der Waals surface area (Å²) in [5.74, 6) is 0. The largest absolute Gasteiger partial charge is 0.368 e. The van der Waals surface area contributed by atoms with Crippen LogP contribution in [0.4, 0.5) is 5.69 Å². The molecule has 0 unspecified atom stereocenters. The monoisotopic (exact) mass is 399 g/mol. The maximum atomic E-state index is 4.63. The number of piperazine rings is 1. The molecule has 1 saturated heterocycles. The van der Waals surface area contributed by atoms with Gasteiger partial charge in [-0.3, -0.25) is 25.0 Å². The highest BCUT2D eigenvalue weighted by molar-refractivity contribution is 5.74. The molecule has 1 aliphatic rings. The molecular weight excluding hydrogens is 374 g/mol. The molecule has 152 valence electrons. The second kappa shape index (κ2) is 8.20. The second-order valence-corrected chi connectivity index (χ2v) is 7.71. The van der Waals surface area contributed by atoms with Crippen molar-refractivity contribution in [1.82, 2.24) is 30.0 Å². The number of aromatic nitrogens is 5. The smallest absolute Gasteiger partial charge is 0.0890 e. The van der Waals surface area contributed by atoms with Crippen molar-refractivity contribution < 1.29 is 0 Å². The summed E-state index contributed by atoms with van der Waals surface area (Å²) in [6.07, 6.45) is 8.63. The zero-order valence-corrected chi connectivity index (χ0v) is 17.1. The van der Waals surface area contributed by atoms with Crippen LogP contribution < -0.4 is 4.90 Å². The van der Waals surface area contributed by atoms with Crippen molar-refractivity contribution >= 4 is 16.7 Å². The lowest BCUT2D eigenvalue weighted by atomic mass is 10.1. The Kier molecular flexibility index (Phi) is 5.11. The third-order valence-corrected chi connectivity index (χ3v) is 5.72. The highest BCUT2D eigenvalue weighted by Crippen LogP contribution is 2.21. The molecule has 4 aromatic rings. The van der Waals surface area contributed by atoms with E-state index in [4.69, 9.17) is 0 Å². The molecule has 0 aliphatic carbocycles. The van der Waals surface area contributed by atoms with E-state index in [0.29, 0.717) is 0 Å².